The van der Waals surface area contributed by atoms with Crippen LogP contribution in [0.5, 0.6) is 5.75 Å². The van der Waals surface area contributed by atoms with Gasteiger partial charge in [-0.25, -0.2) is 0 Å². The normalized spacial score (nSPS) is 12.6. The molecule has 0 radical (unpaired) electrons. The Hall–Kier alpha value is -1.58. The highest BCUT2D eigenvalue weighted by molar-refractivity contribution is 5.87. The molecule has 0 saturated carbocycles. The molecule has 0 aliphatic heterocycles. The lowest BCUT2D eigenvalue weighted by Gasteiger charge is -2.15. The minimum Gasteiger partial charge on any atom is -0.491 e. The van der Waals surface area contributed by atoms with Gasteiger partial charge in [-0.1, -0.05) is 37.3 Å². The summed E-state index contributed by atoms with van der Waals surface area (Å²) in [6.45, 7) is 5.82. The Kier molecular flexibility index (Phi) is 4.77. The summed E-state index contributed by atoms with van der Waals surface area (Å²) in [4.78, 5) is 0. The lowest BCUT2D eigenvalue weighted by Crippen LogP contribution is -2.16. The largest absolute Gasteiger partial charge is 0.491 e. The maximum Gasteiger partial charge on any atom is 0.124 e. The van der Waals surface area contributed by atoms with Gasteiger partial charge in [0.2, 0.25) is 0 Å². The topological polar surface area (TPSA) is 41.5 Å². The zero-order valence-corrected chi connectivity index (χ0v) is 11.5. The summed E-state index contributed by atoms with van der Waals surface area (Å²) in [6.07, 6.45) is -0.460. The van der Waals surface area contributed by atoms with E-state index in [4.69, 9.17) is 4.74 Å². The summed E-state index contributed by atoms with van der Waals surface area (Å²) in [6, 6.07) is 12.3. The van der Waals surface area contributed by atoms with E-state index in [0.29, 0.717) is 6.61 Å². The summed E-state index contributed by atoms with van der Waals surface area (Å²) in [7, 11) is 0. The van der Waals surface area contributed by atoms with Gasteiger partial charge in [0.15, 0.2) is 0 Å². The molecule has 2 N–H and O–H groups in total. The third kappa shape index (κ3) is 3.46. The lowest BCUT2D eigenvalue weighted by molar-refractivity contribution is 0.122. The molecule has 0 fully saturated rings. The fraction of sp³-hybridized carbons (Fsp3) is 0.375. The standard InChI is InChI=1S/C16H21NO2/c1-3-17-10-15-14-7-5-4-6-13(14)8-9-16(15)19-11-12(2)18/h4-9,12,17-18H,3,10-11H2,1-2H3. The van der Waals surface area contributed by atoms with Crippen molar-refractivity contribution >= 4 is 10.8 Å². The first-order chi connectivity index (χ1) is 9.22. The molecule has 3 heteroatoms. The first kappa shape index (κ1) is 13.8. The molecule has 0 saturated heterocycles. The van der Waals surface area contributed by atoms with E-state index < -0.39 is 6.10 Å². The highest BCUT2D eigenvalue weighted by Gasteiger charge is 2.09. The van der Waals surface area contributed by atoms with Crippen LogP contribution in [-0.4, -0.2) is 24.4 Å². The van der Waals surface area contributed by atoms with Gasteiger partial charge in [0.1, 0.15) is 12.4 Å². The number of aliphatic hydroxyl groups excluding tert-OH is 1. The van der Waals surface area contributed by atoms with Gasteiger partial charge in [-0.2, -0.15) is 0 Å². The molecular weight excluding hydrogens is 238 g/mol. The second-order valence-electron chi connectivity index (χ2n) is 4.70. The van der Waals surface area contributed by atoms with E-state index in [1.165, 1.54) is 10.8 Å². The van der Waals surface area contributed by atoms with E-state index in [2.05, 4.69) is 30.4 Å². The fourth-order valence-electron chi connectivity index (χ4n) is 2.09. The van der Waals surface area contributed by atoms with Crippen molar-refractivity contribution in [1.82, 2.24) is 5.32 Å². The Bertz CT molecular complexity index is 537. The molecule has 102 valence electrons. The van der Waals surface area contributed by atoms with Crippen LogP contribution in [0.15, 0.2) is 36.4 Å². The second kappa shape index (κ2) is 6.55. The Morgan fingerprint density at radius 2 is 2.00 bits per heavy atom. The molecule has 19 heavy (non-hydrogen) atoms. The molecule has 3 nitrogen and oxygen atoms in total. The Morgan fingerprint density at radius 3 is 2.74 bits per heavy atom. The molecule has 1 atom stereocenters. The number of fused-ring (bicyclic) bond motifs is 1. The van der Waals surface area contributed by atoms with Crippen LogP contribution in [0.1, 0.15) is 19.4 Å². The van der Waals surface area contributed by atoms with Crippen LogP contribution in [-0.2, 0) is 6.54 Å². The third-order valence-electron chi connectivity index (χ3n) is 3.03. The molecule has 0 aromatic heterocycles. The van der Waals surface area contributed by atoms with Crippen LogP contribution in [0.25, 0.3) is 10.8 Å². The number of ether oxygens (including phenoxy) is 1. The fourth-order valence-corrected chi connectivity index (χ4v) is 2.09. The predicted molar refractivity (Wildman–Crippen MR) is 78.5 cm³/mol. The van der Waals surface area contributed by atoms with Crippen molar-refractivity contribution in [2.45, 2.75) is 26.5 Å². The number of hydrogen-bond acceptors (Lipinski definition) is 3. The van der Waals surface area contributed by atoms with Gasteiger partial charge in [0.05, 0.1) is 6.10 Å². The Labute approximate surface area is 114 Å². The summed E-state index contributed by atoms with van der Waals surface area (Å²) >= 11 is 0. The van der Waals surface area contributed by atoms with Gasteiger partial charge >= 0.3 is 0 Å². The molecule has 0 aliphatic rings. The number of hydrogen-bond donors (Lipinski definition) is 2. The van der Waals surface area contributed by atoms with Gasteiger partial charge < -0.3 is 15.2 Å². The van der Waals surface area contributed by atoms with Crippen LogP contribution < -0.4 is 10.1 Å². The van der Waals surface area contributed by atoms with Gasteiger partial charge in [0, 0.05) is 12.1 Å². The SMILES string of the molecule is CCNCc1c(OCC(C)O)ccc2ccccc12. The van der Waals surface area contributed by atoms with Crippen molar-refractivity contribution in [1.29, 1.82) is 0 Å². The van der Waals surface area contributed by atoms with E-state index in [1.54, 1.807) is 6.92 Å². The lowest BCUT2D eigenvalue weighted by atomic mass is 10.0. The number of aliphatic hydroxyl groups is 1. The second-order valence-corrected chi connectivity index (χ2v) is 4.70. The average Bonchev–Trinajstić information content (AvgIpc) is 2.43. The zero-order chi connectivity index (χ0) is 13.7. The number of nitrogens with one attached hydrogen (secondary N) is 1. The summed E-state index contributed by atoms with van der Waals surface area (Å²) < 4.78 is 5.71. The van der Waals surface area contributed by atoms with Gasteiger partial charge in [0.25, 0.3) is 0 Å². The van der Waals surface area contributed by atoms with Crippen molar-refractivity contribution in [3.63, 3.8) is 0 Å². The van der Waals surface area contributed by atoms with Crippen LogP contribution in [0.3, 0.4) is 0 Å². The first-order valence-electron chi connectivity index (χ1n) is 6.74. The van der Waals surface area contributed by atoms with Crippen LogP contribution in [0.2, 0.25) is 0 Å². The van der Waals surface area contributed by atoms with Crippen molar-refractivity contribution in [3.05, 3.63) is 42.0 Å². The van der Waals surface area contributed by atoms with E-state index in [-0.39, 0.29) is 0 Å². The molecule has 2 rings (SSSR count). The minimum atomic E-state index is -0.460. The molecule has 2 aromatic rings. The molecule has 1 unspecified atom stereocenters. The molecular formula is C16H21NO2. The predicted octanol–water partition coefficient (Wildman–Crippen LogP) is 2.71. The maximum absolute atomic E-state index is 9.35. The van der Waals surface area contributed by atoms with Crippen molar-refractivity contribution in [2.75, 3.05) is 13.2 Å². The average molecular weight is 259 g/mol. The summed E-state index contributed by atoms with van der Waals surface area (Å²) in [5.41, 5.74) is 1.15. The molecule has 0 spiro atoms. The highest BCUT2D eigenvalue weighted by atomic mass is 16.5. The van der Waals surface area contributed by atoms with Crippen molar-refractivity contribution in [3.8, 4) is 5.75 Å². The molecule has 2 aromatic carbocycles. The first-order valence-corrected chi connectivity index (χ1v) is 6.74. The van der Waals surface area contributed by atoms with E-state index in [9.17, 15) is 5.11 Å². The zero-order valence-electron chi connectivity index (χ0n) is 11.5. The molecule has 0 aliphatic carbocycles. The van der Waals surface area contributed by atoms with Crippen LogP contribution >= 0.6 is 0 Å². The van der Waals surface area contributed by atoms with Crippen molar-refractivity contribution in [2.24, 2.45) is 0 Å². The van der Waals surface area contributed by atoms with Crippen LogP contribution in [0, 0.1) is 0 Å². The summed E-state index contributed by atoms with van der Waals surface area (Å²) in [5, 5.41) is 15.1. The summed E-state index contributed by atoms with van der Waals surface area (Å²) in [5.74, 6) is 0.848. The monoisotopic (exact) mass is 259 g/mol. The number of rotatable bonds is 6. The van der Waals surface area contributed by atoms with Crippen LogP contribution in [0.4, 0.5) is 0 Å². The quantitative estimate of drug-likeness (QED) is 0.838. The highest BCUT2D eigenvalue weighted by Crippen LogP contribution is 2.28. The van der Waals surface area contributed by atoms with Gasteiger partial charge in [-0.05, 0) is 30.3 Å². The third-order valence-corrected chi connectivity index (χ3v) is 3.03. The minimum absolute atomic E-state index is 0.317. The van der Waals surface area contributed by atoms with Gasteiger partial charge in [-0.3, -0.25) is 0 Å². The Morgan fingerprint density at radius 1 is 1.21 bits per heavy atom. The molecule has 0 amide bonds. The van der Waals surface area contributed by atoms with E-state index >= 15 is 0 Å². The molecule has 0 heterocycles. The van der Waals surface area contributed by atoms with E-state index in [0.717, 1.165) is 24.4 Å². The van der Waals surface area contributed by atoms with Crippen molar-refractivity contribution < 1.29 is 9.84 Å². The Balaban J connectivity index is 2.37. The molecule has 0 bridgehead atoms. The number of benzene rings is 2. The van der Waals surface area contributed by atoms with E-state index in [1.807, 2.05) is 18.2 Å². The van der Waals surface area contributed by atoms with Gasteiger partial charge in [-0.15, -0.1) is 0 Å². The maximum atomic E-state index is 9.35. The smallest absolute Gasteiger partial charge is 0.124 e.